The number of nitriles is 4. The van der Waals surface area contributed by atoms with E-state index in [9.17, 15) is 0 Å². The first-order chi connectivity index (χ1) is 9.73. The van der Waals surface area contributed by atoms with Crippen LogP contribution in [-0.2, 0) is 0 Å². The molecule has 0 saturated carbocycles. The van der Waals surface area contributed by atoms with Gasteiger partial charge in [-0.2, -0.15) is 21.0 Å². The largest absolute Gasteiger partial charge is 0.412 e. The van der Waals surface area contributed by atoms with Crippen molar-refractivity contribution in [2.45, 2.75) is 0 Å². The van der Waals surface area contributed by atoms with Crippen molar-refractivity contribution < 1.29 is 5.48 Å². The van der Waals surface area contributed by atoms with E-state index in [0.717, 1.165) is 0 Å². The van der Waals surface area contributed by atoms with Gasteiger partial charge in [0, 0.05) is 0 Å². The molecule has 0 radical (unpaired) electrons. The minimum atomic E-state index is 0. The second kappa shape index (κ2) is 9.31. The lowest BCUT2D eigenvalue weighted by Crippen LogP contribution is -1.74. The summed E-state index contributed by atoms with van der Waals surface area (Å²) in [6, 6.07) is 20.9. The van der Waals surface area contributed by atoms with E-state index in [1.807, 2.05) is 24.3 Å². The Morgan fingerprint density at radius 1 is 0.429 bits per heavy atom. The quantitative estimate of drug-likeness (QED) is 0.728. The normalized spacial score (nSPS) is 7.43. The molecule has 0 spiro atoms. The Bertz CT molecular complexity index is 602. The predicted octanol–water partition coefficient (Wildman–Crippen LogP) is 2.04. The molecule has 0 saturated heterocycles. The van der Waals surface area contributed by atoms with Crippen LogP contribution in [-0.4, -0.2) is 5.48 Å². The summed E-state index contributed by atoms with van der Waals surface area (Å²) in [6.07, 6.45) is 0. The summed E-state index contributed by atoms with van der Waals surface area (Å²) < 4.78 is 0. The van der Waals surface area contributed by atoms with Crippen molar-refractivity contribution in [3.8, 4) is 24.3 Å². The Kier molecular flexibility index (Phi) is 7.70. The molecule has 5 nitrogen and oxygen atoms in total. The highest BCUT2D eigenvalue weighted by atomic mass is 16.0. The molecule has 0 aromatic heterocycles. The summed E-state index contributed by atoms with van der Waals surface area (Å²) in [6.45, 7) is 0. The molecule has 2 N–H and O–H groups in total. The number of rotatable bonds is 0. The zero-order valence-electron chi connectivity index (χ0n) is 10.9. The maximum absolute atomic E-state index is 8.37. The molecule has 0 fully saturated rings. The van der Waals surface area contributed by atoms with Gasteiger partial charge in [-0.1, -0.05) is 0 Å². The third-order valence-electron chi connectivity index (χ3n) is 2.29. The highest BCUT2D eigenvalue weighted by Crippen LogP contribution is 2.01. The average Bonchev–Trinajstić information content (AvgIpc) is 2.55. The van der Waals surface area contributed by atoms with Gasteiger partial charge in [-0.05, 0) is 48.5 Å². The summed E-state index contributed by atoms with van der Waals surface area (Å²) in [5.74, 6) is 0. The van der Waals surface area contributed by atoms with E-state index in [0.29, 0.717) is 22.3 Å². The Morgan fingerprint density at radius 3 is 0.667 bits per heavy atom. The van der Waals surface area contributed by atoms with Crippen LogP contribution < -0.4 is 0 Å². The van der Waals surface area contributed by atoms with Crippen LogP contribution in [0.5, 0.6) is 0 Å². The van der Waals surface area contributed by atoms with Gasteiger partial charge in [0.1, 0.15) is 0 Å². The molecule has 2 aromatic carbocycles. The van der Waals surface area contributed by atoms with Crippen LogP contribution in [0.3, 0.4) is 0 Å². The second-order valence-electron chi connectivity index (χ2n) is 3.60. The van der Waals surface area contributed by atoms with E-state index in [-0.39, 0.29) is 5.48 Å². The van der Waals surface area contributed by atoms with Gasteiger partial charge in [-0.15, -0.1) is 0 Å². The summed E-state index contributed by atoms with van der Waals surface area (Å²) >= 11 is 0. The van der Waals surface area contributed by atoms with Crippen LogP contribution in [0.1, 0.15) is 22.3 Å². The van der Waals surface area contributed by atoms with E-state index in [1.54, 1.807) is 48.5 Å². The van der Waals surface area contributed by atoms with Crippen molar-refractivity contribution in [2.24, 2.45) is 0 Å². The lowest BCUT2D eigenvalue weighted by atomic mass is 10.2. The van der Waals surface area contributed by atoms with Crippen LogP contribution >= 0.6 is 0 Å². The fourth-order valence-corrected chi connectivity index (χ4v) is 1.24. The number of hydrogen-bond acceptors (Lipinski definition) is 4. The molecule has 0 aliphatic heterocycles. The van der Waals surface area contributed by atoms with Gasteiger partial charge in [0.2, 0.25) is 0 Å². The highest BCUT2D eigenvalue weighted by Gasteiger charge is 1.89. The van der Waals surface area contributed by atoms with Gasteiger partial charge >= 0.3 is 0 Å². The predicted molar refractivity (Wildman–Crippen MR) is 75.4 cm³/mol. The average molecular weight is 274 g/mol. The summed E-state index contributed by atoms with van der Waals surface area (Å²) in [7, 11) is 0. The van der Waals surface area contributed by atoms with Crippen molar-refractivity contribution in [3.05, 3.63) is 70.8 Å². The lowest BCUT2D eigenvalue weighted by molar-refractivity contribution is 0.824. The molecule has 100 valence electrons. The van der Waals surface area contributed by atoms with Crippen LogP contribution in [0.15, 0.2) is 48.5 Å². The monoisotopic (exact) mass is 274 g/mol. The van der Waals surface area contributed by atoms with Crippen LogP contribution in [0.25, 0.3) is 0 Å². The topological polar surface area (TPSA) is 127 Å². The van der Waals surface area contributed by atoms with Crippen molar-refractivity contribution in [3.63, 3.8) is 0 Å². The molecule has 0 aliphatic carbocycles. The molecule has 21 heavy (non-hydrogen) atoms. The van der Waals surface area contributed by atoms with E-state index < -0.39 is 0 Å². The van der Waals surface area contributed by atoms with E-state index >= 15 is 0 Å². The molecule has 2 aromatic rings. The summed E-state index contributed by atoms with van der Waals surface area (Å²) in [5, 5.41) is 33.5. The van der Waals surface area contributed by atoms with Gasteiger partial charge < -0.3 is 5.48 Å². The molecule has 0 amide bonds. The number of nitrogens with zero attached hydrogens (tertiary/aromatic N) is 4. The Morgan fingerprint density at radius 2 is 0.571 bits per heavy atom. The lowest BCUT2D eigenvalue weighted by Gasteiger charge is -1.85. The minimum absolute atomic E-state index is 0. The molecule has 5 heteroatoms. The van der Waals surface area contributed by atoms with Gasteiger partial charge in [-0.25, -0.2) is 0 Å². The SMILES string of the molecule is N#Cc1ccc(C#N)cc1.N#Cc1ccc(C#N)cc1.O. The van der Waals surface area contributed by atoms with E-state index in [2.05, 4.69) is 0 Å². The molecule has 0 atom stereocenters. The first kappa shape index (κ1) is 17.4. The highest BCUT2D eigenvalue weighted by molar-refractivity contribution is 5.37. The second-order valence-corrected chi connectivity index (χ2v) is 3.60. The molecule has 2 rings (SSSR count). The first-order valence-corrected chi connectivity index (χ1v) is 5.54. The Balaban J connectivity index is 0.000000364. The number of benzene rings is 2. The molecular formula is C16H10N4O. The van der Waals surface area contributed by atoms with Crippen LogP contribution in [0, 0.1) is 45.3 Å². The maximum Gasteiger partial charge on any atom is 0.0991 e. The number of hydrogen-bond donors (Lipinski definition) is 0. The van der Waals surface area contributed by atoms with Crippen molar-refractivity contribution >= 4 is 0 Å². The fourth-order valence-electron chi connectivity index (χ4n) is 1.24. The van der Waals surface area contributed by atoms with Gasteiger partial charge in [0.25, 0.3) is 0 Å². The van der Waals surface area contributed by atoms with E-state index in [4.69, 9.17) is 21.0 Å². The van der Waals surface area contributed by atoms with Crippen molar-refractivity contribution in [2.75, 3.05) is 0 Å². The Labute approximate surface area is 122 Å². The fraction of sp³-hybridized carbons (Fsp3) is 0. The Hall–Kier alpha value is -3.64. The smallest absolute Gasteiger partial charge is 0.0991 e. The molecule has 0 heterocycles. The van der Waals surface area contributed by atoms with Crippen molar-refractivity contribution in [1.29, 1.82) is 21.0 Å². The summed E-state index contributed by atoms with van der Waals surface area (Å²) in [4.78, 5) is 0. The molecule has 0 bridgehead atoms. The maximum atomic E-state index is 8.37. The van der Waals surface area contributed by atoms with E-state index in [1.165, 1.54) is 0 Å². The van der Waals surface area contributed by atoms with Crippen LogP contribution in [0.4, 0.5) is 0 Å². The van der Waals surface area contributed by atoms with Gasteiger partial charge in [-0.3, -0.25) is 0 Å². The van der Waals surface area contributed by atoms with Gasteiger partial charge in [0.15, 0.2) is 0 Å². The third-order valence-corrected chi connectivity index (χ3v) is 2.29. The zero-order valence-corrected chi connectivity index (χ0v) is 10.9. The zero-order chi connectivity index (χ0) is 14.8. The molecule has 0 unspecified atom stereocenters. The molecule has 0 aliphatic rings. The molecular weight excluding hydrogens is 264 g/mol. The third kappa shape index (κ3) is 5.69. The standard InChI is InChI=1S/2C8H4N2.H2O/c2*9-5-7-1-2-8(6-10)4-3-7;/h2*1-4H;1H2. The minimum Gasteiger partial charge on any atom is -0.412 e. The first-order valence-electron chi connectivity index (χ1n) is 5.54. The van der Waals surface area contributed by atoms with Crippen molar-refractivity contribution in [1.82, 2.24) is 0 Å². The summed E-state index contributed by atoms with van der Waals surface area (Å²) in [5.41, 5.74) is 2.33. The van der Waals surface area contributed by atoms with Crippen LogP contribution in [0.2, 0.25) is 0 Å². The van der Waals surface area contributed by atoms with Gasteiger partial charge in [0.05, 0.1) is 46.5 Å².